The van der Waals surface area contributed by atoms with Crippen LogP contribution in [0.1, 0.15) is 31.1 Å². The maximum absolute atomic E-state index is 11.5. The van der Waals surface area contributed by atoms with E-state index in [1.807, 2.05) is 10.8 Å². The van der Waals surface area contributed by atoms with E-state index in [1.54, 1.807) is 6.20 Å². The van der Waals surface area contributed by atoms with Gasteiger partial charge in [0.2, 0.25) is 0 Å². The van der Waals surface area contributed by atoms with E-state index in [0.717, 1.165) is 18.8 Å². The van der Waals surface area contributed by atoms with E-state index in [1.165, 1.54) is 12.8 Å². The van der Waals surface area contributed by atoms with E-state index >= 15 is 0 Å². The summed E-state index contributed by atoms with van der Waals surface area (Å²) < 4.78 is 25.0. The Morgan fingerprint density at radius 2 is 2.24 bits per heavy atom. The highest BCUT2D eigenvalue weighted by molar-refractivity contribution is 7.91. The van der Waals surface area contributed by atoms with Crippen LogP contribution in [0, 0.1) is 0 Å². The van der Waals surface area contributed by atoms with Gasteiger partial charge >= 0.3 is 0 Å². The van der Waals surface area contributed by atoms with Gasteiger partial charge in [-0.3, -0.25) is 0 Å². The lowest BCUT2D eigenvalue weighted by Crippen LogP contribution is -2.21. The summed E-state index contributed by atoms with van der Waals surface area (Å²) in [6.45, 7) is 0.744. The van der Waals surface area contributed by atoms with E-state index in [9.17, 15) is 8.42 Å². The predicted molar refractivity (Wildman–Crippen MR) is 64.4 cm³/mol. The SMILES string of the molecule is O=S1(=O)CCC(n2ccnc2CNC2CC2)C1. The Morgan fingerprint density at radius 3 is 2.88 bits per heavy atom. The molecule has 2 heterocycles. The average Bonchev–Trinajstić information content (AvgIpc) is 2.87. The van der Waals surface area contributed by atoms with Crippen LogP contribution in [-0.2, 0) is 16.4 Å². The molecule has 0 spiro atoms. The van der Waals surface area contributed by atoms with Crippen molar-refractivity contribution >= 4 is 9.84 Å². The van der Waals surface area contributed by atoms with Crippen LogP contribution in [0.5, 0.6) is 0 Å². The first-order valence-corrected chi connectivity index (χ1v) is 7.92. The van der Waals surface area contributed by atoms with E-state index in [-0.39, 0.29) is 11.8 Å². The molecule has 5 nitrogen and oxygen atoms in total. The van der Waals surface area contributed by atoms with Gasteiger partial charge in [0.1, 0.15) is 5.82 Å². The third-order valence-corrected chi connectivity index (χ3v) is 5.23. The van der Waals surface area contributed by atoms with Gasteiger partial charge in [-0.15, -0.1) is 0 Å². The van der Waals surface area contributed by atoms with Crippen molar-refractivity contribution in [3.8, 4) is 0 Å². The van der Waals surface area contributed by atoms with Crippen LogP contribution >= 0.6 is 0 Å². The number of sulfone groups is 1. The van der Waals surface area contributed by atoms with Crippen molar-refractivity contribution in [1.29, 1.82) is 0 Å². The van der Waals surface area contributed by atoms with Crippen LogP contribution < -0.4 is 5.32 Å². The van der Waals surface area contributed by atoms with Gasteiger partial charge in [-0.05, 0) is 19.3 Å². The van der Waals surface area contributed by atoms with Crippen LogP contribution in [0.4, 0.5) is 0 Å². The highest BCUT2D eigenvalue weighted by atomic mass is 32.2. The molecule has 1 aromatic rings. The van der Waals surface area contributed by atoms with Gasteiger partial charge in [0, 0.05) is 24.5 Å². The van der Waals surface area contributed by atoms with Crippen molar-refractivity contribution in [3.05, 3.63) is 18.2 Å². The number of imidazole rings is 1. The molecule has 0 bridgehead atoms. The molecule has 1 aromatic heterocycles. The van der Waals surface area contributed by atoms with Gasteiger partial charge in [-0.2, -0.15) is 0 Å². The van der Waals surface area contributed by atoms with Crippen molar-refractivity contribution in [1.82, 2.24) is 14.9 Å². The quantitative estimate of drug-likeness (QED) is 0.850. The van der Waals surface area contributed by atoms with Crippen LogP contribution in [-0.4, -0.2) is 35.5 Å². The Balaban J connectivity index is 1.71. The zero-order valence-corrected chi connectivity index (χ0v) is 10.5. The molecule has 1 aliphatic carbocycles. The standard InChI is InChI=1S/C11H17N3O2S/c15-17(16)6-3-10(8-17)14-5-4-12-11(14)7-13-9-1-2-9/h4-5,9-10,13H,1-3,6-8H2. The molecule has 1 N–H and O–H groups in total. The minimum atomic E-state index is -2.83. The lowest BCUT2D eigenvalue weighted by molar-refractivity contribution is 0.513. The molecule has 1 unspecified atom stereocenters. The second-order valence-corrected chi connectivity index (χ2v) is 7.19. The van der Waals surface area contributed by atoms with E-state index in [0.29, 0.717) is 11.8 Å². The van der Waals surface area contributed by atoms with Crippen LogP contribution in [0.2, 0.25) is 0 Å². The lowest BCUT2D eigenvalue weighted by Gasteiger charge is -2.14. The molecule has 17 heavy (non-hydrogen) atoms. The monoisotopic (exact) mass is 255 g/mol. The summed E-state index contributed by atoms with van der Waals surface area (Å²) >= 11 is 0. The van der Waals surface area contributed by atoms with Crippen molar-refractivity contribution in [2.75, 3.05) is 11.5 Å². The molecular formula is C11H17N3O2S. The minimum Gasteiger partial charge on any atom is -0.330 e. The highest BCUT2D eigenvalue weighted by Gasteiger charge is 2.30. The fourth-order valence-electron chi connectivity index (χ4n) is 2.33. The number of hydrogen-bond donors (Lipinski definition) is 1. The first-order chi connectivity index (χ1) is 8.14. The zero-order valence-electron chi connectivity index (χ0n) is 9.67. The van der Waals surface area contributed by atoms with E-state index < -0.39 is 9.84 Å². The van der Waals surface area contributed by atoms with Crippen LogP contribution in [0.3, 0.4) is 0 Å². The van der Waals surface area contributed by atoms with Gasteiger partial charge in [-0.25, -0.2) is 13.4 Å². The van der Waals surface area contributed by atoms with Gasteiger partial charge in [0.05, 0.1) is 18.1 Å². The molecule has 2 fully saturated rings. The molecule has 0 aromatic carbocycles. The molecule has 0 amide bonds. The second kappa shape index (κ2) is 4.10. The molecule has 3 rings (SSSR count). The summed E-state index contributed by atoms with van der Waals surface area (Å²) in [6, 6.07) is 0.728. The Morgan fingerprint density at radius 1 is 1.41 bits per heavy atom. The Labute approximate surface area is 101 Å². The molecular weight excluding hydrogens is 238 g/mol. The number of nitrogens with zero attached hydrogens (tertiary/aromatic N) is 2. The highest BCUT2D eigenvalue weighted by Crippen LogP contribution is 2.25. The number of hydrogen-bond acceptors (Lipinski definition) is 4. The van der Waals surface area contributed by atoms with Gasteiger partial charge < -0.3 is 9.88 Å². The molecule has 1 saturated heterocycles. The molecule has 1 atom stereocenters. The first-order valence-electron chi connectivity index (χ1n) is 6.09. The van der Waals surface area contributed by atoms with Crippen LogP contribution in [0.25, 0.3) is 0 Å². The fourth-order valence-corrected chi connectivity index (χ4v) is 4.04. The third-order valence-electron chi connectivity index (χ3n) is 3.48. The average molecular weight is 255 g/mol. The summed E-state index contributed by atoms with van der Waals surface area (Å²) in [4.78, 5) is 4.31. The van der Waals surface area contributed by atoms with Crippen LogP contribution in [0.15, 0.2) is 12.4 Å². The number of rotatable bonds is 4. The summed E-state index contributed by atoms with van der Waals surface area (Å²) in [7, 11) is -2.83. The zero-order chi connectivity index (χ0) is 11.9. The predicted octanol–water partition coefficient (Wildman–Crippen LogP) is 0.495. The molecule has 2 aliphatic rings. The second-order valence-electron chi connectivity index (χ2n) is 4.96. The molecule has 1 aliphatic heterocycles. The topological polar surface area (TPSA) is 64.0 Å². The normalized spacial score (nSPS) is 27.4. The first kappa shape index (κ1) is 11.2. The largest absolute Gasteiger partial charge is 0.330 e. The van der Waals surface area contributed by atoms with E-state index in [2.05, 4.69) is 10.3 Å². The molecule has 1 saturated carbocycles. The van der Waals surface area contributed by atoms with Crippen molar-refractivity contribution in [2.45, 2.75) is 37.9 Å². The Kier molecular flexibility index (Phi) is 2.71. The maximum Gasteiger partial charge on any atom is 0.152 e. The minimum absolute atomic E-state index is 0.0819. The Hall–Kier alpha value is -0.880. The van der Waals surface area contributed by atoms with Gasteiger partial charge in [-0.1, -0.05) is 0 Å². The van der Waals surface area contributed by atoms with Crippen molar-refractivity contribution in [2.24, 2.45) is 0 Å². The third kappa shape index (κ3) is 2.52. The fraction of sp³-hybridized carbons (Fsp3) is 0.727. The number of nitrogens with one attached hydrogen (secondary N) is 1. The van der Waals surface area contributed by atoms with Crippen molar-refractivity contribution in [3.63, 3.8) is 0 Å². The Bertz CT molecular complexity index is 505. The molecule has 6 heteroatoms. The van der Waals surface area contributed by atoms with Gasteiger partial charge in [0.15, 0.2) is 9.84 Å². The lowest BCUT2D eigenvalue weighted by atomic mass is 10.2. The summed E-state index contributed by atoms with van der Waals surface area (Å²) in [5.41, 5.74) is 0. The summed E-state index contributed by atoms with van der Waals surface area (Å²) in [6.07, 6.45) is 6.87. The maximum atomic E-state index is 11.5. The van der Waals surface area contributed by atoms with E-state index in [4.69, 9.17) is 0 Å². The molecule has 0 radical (unpaired) electrons. The molecule has 94 valence electrons. The van der Waals surface area contributed by atoms with Gasteiger partial charge in [0.25, 0.3) is 0 Å². The number of aromatic nitrogens is 2. The van der Waals surface area contributed by atoms with Crippen molar-refractivity contribution < 1.29 is 8.42 Å². The summed E-state index contributed by atoms with van der Waals surface area (Å²) in [5.74, 6) is 1.53. The smallest absolute Gasteiger partial charge is 0.152 e. The summed E-state index contributed by atoms with van der Waals surface area (Å²) in [5, 5.41) is 3.41.